The van der Waals surface area contributed by atoms with Crippen molar-refractivity contribution >= 4 is 17.7 Å². The molecule has 1 aromatic rings. The number of rotatable bonds is 5. The van der Waals surface area contributed by atoms with Crippen LogP contribution in [-0.4, -0.2) is 31.0 Å². The quantitative estimate of drug-likeness (QED) is 0.816. The lowest BCUT2D eigenvalue weighted by molar-refractivity contribution is 0.0948. The average molecular weight is 290 g/mol. The van der Waals surface area contributed by atoms with Crippen molar-refractivity contribution in [2.45, 2.75) is 13.8 Å². The van der Waals surface area contributed by atoms with E-state index in [1.165, 1.54) is 0 Å². The van der Waals surface area contributed by atoms with Crippen LogP contribution in [0.15, 0.2) is 18.2 Å². The summed E-state index contributed by atoms with van der Waals surface area (Å²) in [4.78, 5) is 12.2. The zero-order valence-electron chi connectivity index (χ0n) is 12.3. The summed E-state index contributed by atoms with van der Waals surface area (Å²) in [6, 6.07) is 5.59. The first-order valence-corrected chi connectivity index (χ1v) is 8.05. The van der Waals surface area contributed by atoms with Crippen LogP contribution >= 0.6 is 11.8 Å². The largest absolute Gasteiger partial charge is 0.352 e. The van der Waals surface area contributed by atoms with Crippen molar-refractivity contribution in [3.05, 3.63) is 34.9 Å². The van der Waals surface area contributed by atoms with E-state index in [2.05, 4.69) is 30.3 Å². The number of nitrogens with two attached hydrogens (primary N) is 1. The summed E-state index contributed by atoms with van der Waals surface area (Å²) in [6.07, 6.45) is 2.07. The number of hydrogen-bond acceptors (Lipinski definition) is 3. The summed E-state index contributed by atoms with van der Waals surface area (Å²) < 4.78 is 0. The van der Waals surface area contributed by atoms with Crippen molar-refractivity contribution in [2.24, 2.45) is 11.7 Å². The molecule has 0 aliphatic carbocycles. The number of carbonyl (C=O) groups is 1. The summed E-state index contributed by atoms with van der Waals surface area (Å²) in [5.74, 6) is 7.29. The van der Waals surface area contributed by atoms with Crippen molar-refractivity contribution in [3.8, 4) is 11.8 Å². The first-order chi connectivity index (χ1) is 9.60. The van der Waals surface area contributed by atoms with Crippen LogP contribution in [0.3, 0.4) is 0 Å². The highest BCUT2D eigenvalue weighted by Gasteiger charge is 2.11. The maximum absolute atomic E-state index is 12.2. The molecule has 108 valence electrons. The molecule has 0 fully saturated rings. The topological polar surface area (TPSA) is 55.1 Å². The predicted molar refractivity (Wildman–Crippen MR) is 87.0 cm³/mol. The van der Waals surface area contributed by atoms with E-state index in [1.807, 2.05) is 25.1 Å². The van der Waals surface area contributed by atoms with E-state index in [-0.39, 0.29) is 5.91 Å². The Bertz CT molecular complexity index is 517. The normalized spacial score (nSPS) is 11.4. The molecule has 1 aromatic carbocycles. The van der Waals surface area contributed by atoms with E-state index >= 15 is 0 Å². The molecular formula is C16H22N2OS. The van der Waals surface area contributed by atoms with Gasteiger partial charge in [0, 0.05) is 17.7 Å². The second kappa shape index (κ2) is 8.68. The Hall–Kier alpha value is -1.44. The number of carbonyl (C=O) groups excluding carboxylic acids is 1. The summed E-state index contributed by atoms with van der Waals surface area (Å²) in [5, 5.41) is 2.98. The van der Waals surface area contributed by atoms with Gasteiger partial charge in [0.15, 0.2) is 0 Å². The molecule has 1 rings (SSSR count). The van der Waals surface area contributed by atoms with E-state index in [9.17, 15) is 4.79 Å². The minimum Gasteiger partial charge on any atom is -0.352 e. The van der Waals surface area contributed by atoms with Crippen LogP contribution in [0, 0.1) is 24.7 Å². The van der Waals surface area contributed by atoms with Crippen LogP contribution in [0.25, 0.3) is 0 Å². The molecule has 0 heterocycles. The molecule has 0 aromatic heterocycles. The van der Waals surface area contributed by atoms with Gasteiger partial charge in [-0.25, -0.2) is 0 Å². The summed E-state index contributed by atoms with van der Waals surface area (Å²) >= 11 is 1.79. The number of nitrogens with one attached hydrogen (secondary N) is 1. The molecular weight excluding hydrogens is 268 g/mol. The van der Waals surface area contributed by atoms with Gasteiger partial charge in [-0.1, -0.05) is 24.8 Å². The monoisotopic (exact) mass is 290 g/mol. The van der Waals surface area contributed by atoms with E-state index in [4.69, 9.17) is 5.73 Å². The van der Waals surface area contributed by atoms with Gasteiger partial charge in [-0.05, 0) is 42.5 Å². The van der Waals surface area contributed by atoms with Crippen molar-refractivity contribution < 1.29 is 4.79 Å². The minimum absolute atomic E-state index is 0.0353. The van der Waals surface area contributed by atoms with Gasteiger partial charge in [-0.2, -0.15) is 11.8 Å². The third-order valence-corrected chi connectivity index (χ3v) is 3.87. The zero-order chi connectivity index (χ0) is 15.0. The average Bonchev–Trinajstić information content (AvgIpc) is 2.44. The maximum atomic E-state index is 12.2. The molecule has 0 bridgehead atoms. The second-order valence-corrected chi connectivity index (χ2v) is 5.67. The van der Waals surface area contributed by atoms with Crippen molar-refractivity contribution in [1.29, 1.82) is 0 Å². The molecule has 0 saturated heterocycles. The molecule has 1 atom stereocenters. The highest BCUT2D eigenvalue weighted by atomic mass is 32.2. The Labute approximate surface area is 125 Å². The lowest BCUT2D eigenvalue weighted by atomic mass is 10.0. The molecule has 0 spiro atoms. The maximum Gasteiger partial charge on any atom is 0.251 e. The minimum atomic E-state index is -0.0353. The molecule has 0 saturated carbocycles. The van der Waals surface area contributed by atoms with Gasteiger partial charge in [0.25, 0.3) is 5.91 Å². The number of hydrogen-bond donors (Lipinski definition) is 2. The number of thioether (sulfide) groups is 1. The Morgan fingerprint density at radius 2 is 2.25 bits per heavy atom. The summed E-state index contributed by atoms with van der Waals surface area (Å²) in [7, 11) is 0. The lowest BCUT2D eigenvalue weighted by Gasteiger charge is -2.13. The fourth-order valence-electron chi connectivity index (χ4n) is 1.87. The molecule has 20 heavy (non-hydrogen) atoms. The molecule has 3 nitrogen and oxygen atoms in total. The van der Waals surface area contributed by atoms with Gasteiger partial charge in [-0.3, -0.25) is 4.79 Å². The third kappa shape index (κ3) is 4.92. The van der Waals surface area contributed by atoms with Gasteiger partial charge in [0.2, 0.25) is 0 Å². The summed E-state index contributed by atoms with van der Waals surface area (Å²) in [5.41, 5.74) is 7.83. The van der Waals surface area contributed by atoms with E-state index in [0.717, 1.165) is 16.9 Å². The lowest BCUT2D eigenvalue weighted by Crippen LogP contribution is -2.29. The Morgan fingerprint density at radius 3 is 2.90 bits per heavy atom. The van der Waals surface area contributed by atoms with Gasteiger partial charge in [-0.15, -0.1) is 0 Å². The van der Waals surface area contributed by atoms with Gasteiger partial charge < -0.3 is 11.1 Å². The fraction of sp³-hybridized carbons (Fsp3) is 0.438. The van der Waals surface area contributed by atoms with Crippen molar-refractivity contribution in [2.75, 3.05) is 25.1 Å². The van der Waals surface area contributed by atoms with Crippen LogP contribution in [0.2, 0.25) is 0 Å². The van der Waals surface area contributed by atoms with Crippen molar-refractivity contribution in [1.82, 2.24) is 5.32 Å². The SMILES string of the molecule is CSCC(C)CNC(=O)c1cccc(C#CCN)c1C. The molecule has 0 aliphatic heterocycles. The first-order valence-electron chi connectivity index (χ1n) is 6.65. The molecule has 4 heteroatoms. The first kappa shape index (κ1) is 16.6. The van der Waals surface area contributed by atoms with E-state index < -0.39 is 0 Å². The van der Waals surface area contributed by atoms with Crippen molar-refractivity contribution in [3.63, 3.8) is 0 Å². The third-order valence-electron chi connectivity index (χ3n) is 2.97. The standard InChI is InChI=1S/C16H22N2OS/c1-12(11-20-3)10-18-16(19)15-8-4-6-14(13(15)2)7-5-9-17/h4,6,8,12H,9-11,17H2,1-3H3,(H,18,19). The van der Waals surface area contributed by atoms with Crippen LogP contribution in [0.5, 0.6) is 0 Å². The smallest absolute Gasteiger partial charge is 0.251 e. The van der Waals surface area contributed by atoms with Crippen LogP contribution in [0.1, 0.15) is 28.4 Å². The van der Waals surface area contributed by atoms with E-state index in [1.54, 1.807) is 11.8 Å². The summed E-state index contributed by atoms with van der Waals surface area (Å²) in [6.45, 7) is 5.06. The van der Waals surface area contributed by atoms with Gasteiger partial charge in [0.1, 0.15) is 0 Å². The number of amides is 1. The van der Waals surface area contributed by atoms with Gasteiger partial charge in [0.05, 0.1) is 6.54 Å². The second-order valence-electron chi connectivity index (χ2n) is 4.75. The van der Waals surface area contributed by atoms with Crippen LogP contribution < -0.4 is 11.1 Å². The molecule has 0 radical (unpaired) electrons. The van der Waals surface area contributed by atoms with Gasteiger partial charge >= 0.3 is 0 Å². The molecule has 0 aliphatic rings. The van der Waals surface area contributed by atoms with E-state index in [0.29, 0.717) is 24.6 Å². The molecule has 1 unspecified atom stereocenters. The zero-order valence-corrected chi connectivity index (χ0v) is 13.1. The predicted octanol–water partition coefficient (Wildman–Crippen LogP) is 2.03. The molecule has 3 N–H and O–H groups in total. The fourth-order valence-corrected chi connectivity index (χ4v) is 2.56. The molecule has 1 amide bonds. The van der Waals surface area contributed by atoms with Crippen LogP contribution in [-0.2, 0) is 0 Å². The Kier molecular flexibility index (Phi) is 7.21. The number of benzene rings is 1. The van der Waals surface area contributed by atoms with Crippen LogP contribution in [0.4, 0.5) is 0 Å². The Balaban J connectivity index is 2.78. The highest BCUT2D eigenvalue weighted by molar-refractivity contribution is 7.98. The highest BCUT2D eigenvalue weighted by Crippen LogP contribution is 2.13. The Morgan fingerprint density at radius 1 is 1.50 bits per heavy atom.